The predicted molar refractivity (Wildman–Crippen MR) is 66.6 cm³/mol. The van der Waals surface area contributed by atoms with E-state index in [-0.39, 0.29) is 5.97 Å². The second-order valence-corrected chi connectivity index (χ2v) is 3.89. The van der Waals surface area contributed by atoms with Gasteiger partial charge in [-0.15, -0.1) is 0 Å². The molecule has 0 spiro atoms. The van der Waals surface area contributed by atoms with E-state index in [0.29, 0.717) is 11.3 Å². The van der Waals surface area contributed by atoms with Gasteiger partial charge in [0, 0.05) is 5.39 Å². The van der Waals surface area contributed by atoms with Gasteiger partial charge in [-0.25, -0.2) is 4.79 Å². The standard InChI is InChI=1S/C14H14O3/c1-9-4-5-10-7-11(14(15)17-3)8-13(16-2)12(10)6-9/h4-8H,1-3H3. The molecule has 3 heteroatoms. The van der Waals surface area contributed by atoms with Crippen LogP contribution < -0.4 is 4.74 Å². The van der Waals surface area contributed by atoms with Gasteiger partial charge in [0.05, 0.1) is 19.8 Å². The van der Waals surface area contributed by atoms with Crippen LogP contribution in [-0.2, 0) is 4.74 Å². The van der Waals surface area contributed by atoms with Crippen LogP contribution in [0.3, 0.4) is 0 Å². The molecule has 0 fully saturated rings. The van der Waals surface area contributed by atoms with Gasteiger partial charge in [0.15, 0.2) is 0 Å². The van der Waals surface area contributed by atoms with Crippen molar-refractivity contribution < 1.29 is 14.3 Å². The second-order valence-electron chi connectivity index (χ2n) is 3.89. The van der Waals surface area contributed by atoms with E-state index in [1.807, 2.05) is 31.2 Å². The molecule has 88 valence electrons. The lowest BCUT2D eigenvalue weighted by Gasteiger charge is -2.09. The van der Waals surface area contributed by atoms with Crippen LogP contribution in [0.4, 0.5) is 0 Å². The first-order valence-electron chi connectivity index (χ1n) is 5.32. The summed E-state index contributed by atoms with van der Waals surface area (Å²) in [7, 11) is 2.96. The topological polar surface area (TPSA) is 35.5 Å². The summed E-state index contributed by atoms with van der Waals surface area (Å²) in [6.07, 6.45) is 0. The molecule has 0 amide bonds. The minimum absolute atomic E-state index is 0.356. The number of ether oxygens (including phenoxy) is 2. The highest BCUT2D eigenvalue weighted by atomic mass is 16.5. The van der Waals surface area contributed by atoms with Crippen LogP contribution in [0.1, 0.15) is 15.9 Å². The molecule has 0 aliphatic rings. The Kier molecular flexibility index (Phi) is 3.00. The third-order valence-electron chi connectivity index (χ3n) is 2.71. The molecule has 0 radical (unpaired) electrons. The Bertz CT molecular complexity index is 573. The molecule has 0 heterocycles. The van der Waals surface area contributed by atoms with Crippen molar-refractivity contribution in [3.05, 3.63) is 41.5 Å². The van der Waals surface area contributed by atoms with Crippen LogP contribution in [0.15, 0.2) is 30.3 Å². The van der Waals surface area contributed by atoms with Gasteiger partial charge in [-0.1, -0.05) is 17.7 Å². The van der Waals surface area contributed by atoms with Crippen LogP contribution >= 0.6 is 0 Å². The number of fused-ring (bicyclic) bond motifs is 1. The number of rotatable bonds is 2. The number of aryl methyl sites for hydroxylation is 1. The van der Waals surface area contributed by atoms with Crippen molar-refractivity contribution in [3.8, 4) is 5.75 Å². The Morgan fingerprint density at radius 3 is 2.53 bits per heavy atom. The number of esters is 1. The molecule has 0 bridgehead atoms. The van der Waals surface area contributed by atoms with Gasteiger partial charge in [-0.05, 0) is 30.5 Å². The summed E-state index contributed by atoms with van der Waals surface area (Å²) in [5.41, 5.74) is 1.65. The van der Waals surface area contributed by atoms with E-state index in [0.717, 1.165) is 16.3 Å². The van der Waals surface area contributed by atoms with Crippen LogP contribution in [0.5, 0.6) is 5.75 Å². The van der Waals surface area contributed by atoms with E-state index >= 15 is 0 Å². The fraction of sp³-hybridized carbons (Fsp3) is 0.214. The zero-order chi connectivity index (χ0) is 12.4. The monoisotopic (exact) mass is 230 g/mol. The summed E-state index contributed by atoms with van der Waals surface area (Å²) in [4.78, 5) is 11.5. The lowest BCUT2D eigenvalue weighted by atomic mass is 10.0. The van der Waals surface area contributed by atoms with E-state index in [1.165, 1.54) is 7.11 Å². The largest absolute Gasteiger partial charge is 0.496 e. The molecule has 0 unspecified atom stereocenters. The van der Waals surface area contributed by atoms with Crippen molar-refractivity contribution in [1.29, 1.82) is 0 Å². The Balaban J connectivity index is 2.70. The van der Waals surface area contributed by atoms with Crippen molar-refractivity contribution in [2.45, 2.75) is 6.92 Å². The summed E-state index contributed by atoms with van der Waals surface area (Å²) in [5, 5.41) is 1.97. The number of carbonyl (C=O) groups is 1. The SMILES string of the molecule is COC(=O)c1cc(OC)c2cc(C)ccc2c1. The van der Waals surface area contributed by atoms with Crippen LogP contribution in [0.2, 0.25) is 0 Å². The maximum Gasteiger partial charge on any atom is 0.338 e. The van der Waals surface area contributed by atoms with Crippen molar-refractivity contribution in [3.63, 3.8) is 0 Å². The number of hydrogen-bond donors (Lipinski definition) is 0. The summed E-state index contributed by atoms with van der Waals surface area (Å²) in [6, 6.07) is 9.52. The molecule has 2 rings (SSSR count). The number of methoxy groups -OCH3 is 2. The first-order chi connectivity index (χ1) is 8.15. The van der Waals surface area contributed by atoms with Gasteiger partial charge in [-0.3, -0.25) is 0 Å². The number of hydrogen-bond acceptors (Lipinski definition) is 3. The highest BCUT2D eigenvalue weighted by Crippen LogP contribution is 2.28. The third kappa shape index (κ3) is 2.09. The van der Waals surface area contributed by atoms with Crippen molar-refractivity contribution in [2.24, 2.45) is 0 Å². The van der Waals surface area contributed by atoms with Gasteiger partial charge in [0.2, 0.25) is 0 Å². The molecule has 0 aliphatic heterocycles. The summed E-state index contributed by atoms with van der Waals surface area (Å²) in [5.74, 6) is 0.331. The van der Waals surface area contributed by atoms with E-state index < -0.39 is 0 Å². The quantitative estimate of drug-likeness (QED) is 0.744. The van der Waals surface area contributed by atoms with Crippen molar-refractivity contribution in [1.82, 2.24) is 0 Å². The fourth-order valence-corrected chi connectivity index (χ4v) is 1.84. The molecule has 3 nitrogen and oxygen atoms in total. The normalized spacial score (nSPS) is 10.3. The Morgan fingerprint density at radius 2 is 1.88 bits per heavy atom. The molecule has 0 saturated carbocycles. The minimum Gasteiger partial charge on any atom is -0.496 e. The molecule has 0 N–H and O–H groups in total. The molecule has 2 aromatic carbocycles. The first-order valence-corrected chi connectivity index (χ1v) is 5.32. The van der Waals surface area contributed by atoms with Gasteiger partial charge in [0.25, 0.3) is 0 Å². The van der Waals surface area contributed by atoms with Gasteiger partial charge >= 0.3 is 5.97 Å². The van der Waals surface area contributed by atoms with Crippen LogP contribution in [0.25, 0.3) is 10.8 Å². The maximum atomic E-state index is 11.5. The molecule has 0 aromatic heterocycles. The number of benzene rings is 2. The summed E-state index contributed by atoms with van der Waals surface area (Å²) in [6.45, 7) is 2.02. The highest BCUT2D eigenvalue weighted by molar-refractivity contribution is 5.98. The zero-order valence-corrected chi connectivity index (χ0v) is 10.1. The maximum absolute atomic E-state index is 11.5. The fourth-order valence-electron chi connectivity index (χ4n) is 1.84. The van der Waals surface area contributed by atoms with Crippen LogP contribution in [-0.4, -0.2) is 20.2 Å². The second kappa shape index (κ2) is 4.45. The molecular formula is C14H14O3. The summed E-state index contributed by atoms with van der Waals surface area (Å²) < 4.78 is 10.0. The Morgan fingerprint density at radius 1 is 1.12 bits per heavy atom. The lowest BCUT2D eigenvalue weighted by molar-refractivity contribution is 0.0600. The van der Waals surface area contributed by atoms with Gasteiger partial charge in [-0.2, -0.15) is 0 Å². The van der Waals surface area contributed by atoms with E-state index in [2.05, 4.69) is 0 Å². The van der Waals surface area contributed by atoms with E-state index in [1.54, 1.807) is 13.2 Å². The predicted octanol–water partition coefficient (Wildman–Crippen LogP) is 2.94. The van der Waals surface area contributed by atoms with E-state index in [4.69, 9.17) is 9.47 Å². The molecule has 2 aromatic rings. The van der Waals surface area contributed by atoms with Gasteiger partial charge in [0.1, 0.15) is 5.75 Å². The van der Waals surface area contributed by atoms with Gasteiger partial charge < -0.3 is 9.47 Å². The first kappa shape index (κ1) is 11.5. The lowest BCUT2D eigenvalue weighted by Crippen LogP contribution is -2.01. The Hall–Kier alpha value is -2.03. The molecular weight excluding hydrogens is 216 g/mol. The molecule has 0 atom stereocenters. The van der Waals surface area contributed by atoms with E-state index in [9.17, 15) is 4.79 Å². The average molecular weight is 230 g/mol. The smallest absolute Gasteiger partial charge is 0.338 e. The Labute approximate surface area is 100.0 Å². The highest BCUT2D eigenvalue weighted by Gasteiger charge is 2.10. The third-order valence-corrected chi connectivity index (χ3v) is 2.71. The summed E-state index contributed by atoms with van der Waals surface area (Å²) >= 11 is 0. The van der Waals surface area contributed by atoms with Crippen molar-refractivity contribution in [2.75, 3.05) is 14.2 Å². The van der Waals surface area contributed by atoms with Crippen molar-refractivity contribution >= 4 is 16.7 Å². The molecule has 0 aliphatic carbocycles. The zero-order valence-electron chi connectivity index (χ0n) is 10.1. The average Bonchev–Trinajstić information content (AvgIpc) is 2.36. The molecule has 0 saturated heterocycles. The number of carbonyl (C=O) groups excluding carboxylic acids is 1. The molecule has 17 heavy (non-hydrogen) atoms. The minimum atomic E-state index is -0.356. The van der Waals surface area contributed by atoms with Crippen LogP contribution in [0, 0.1) is 6.92 Å².